The van der Waals surface area contributed by atoms with Crippen molar-refractivity contribution in [3.63, 3.8) is 0 Å². The number of aromatic nitrogens is 1. The van der Waals surface area contributed by atoms with E-state index in [-0.39, 0.29) is 5.92 Å². The molecule has 3 atom stereocenters. The Balaban J connectivity index is 2.21. The van der Waals surface area contributed by atoms with E-state index in [1.165, 1.54) is 57.7 Å². The SMILES string of the molecule is C=C(C1c2cc(C)ccc2-c2cc(C)c(C)c[n+]2C1CCC(/C=C\C)CC)N(C)/C(=C\C)CC. The minimum Gasteiger partial charge on any atom is -0.352 e. The number of allylic oxidation sites excluding steroid dienone is 5. The summed E-state index contributed by atoms with van der Waals surface area (Å²) in [6.45, 7) is 20.2. The van der Waals surface area contributed by atoms with Crippen molar-refractivity contribution in [3.8, 4) is 11.3 Å². The van der Waals surface area contributed by atoms with Gasteiger partial charge in [-0.05, 0) is 77.0 Å². The Morgan fingerprint density at radius 1 is 1.12 bits per heavy atom. The van der Waals surface area contributed by atoms with Crippen molar-refractivity contribution in [1.29, 1.82) is 0 Å². The molecule has 3 rings (SSSR count). The van der Waals surface area contributed by atoms with Gasteiger partial charge in [0.1, 0.15) is 0 Å². The number of rotatable bonds is 9. The molecule has 1 aromatic carbocycles. The van der Waals surface area contributed by atoms with Crippen molar-refractivity contribution in [3.05, 3.63) is 88.9 Å². The van der Waals surface area contributed by atoms with Gasteiger partial charge in [0.05, 0.1) is 11.5 Å². The lowest BCUT2D eigenvalue weighted by Crippen LogP contribution is -2.49. The second-order valence-corrected chi connectivity index (χ2v) is 10.0. The Morgan fingerprint density at radius 3 is 2.47 bits per heavy atom. The maximum atomic E-state index is 4.73. The van der Waals surface area contributed by atoms with Gasteiger partial charge in [0.15, 0.2) is 12.2 Å². The normalized spacial score (nSPS) is 18.5. The van der Waals surface area contributed by atoms with Gasteiger partial charge in [-0.2, -0.15) is 4.57 Å². The van der Waals surface area contributed by atoms with E-state index in [9.17, 15) is 0 Å². The van der Waals surface area contributed by atoms with Gasteiger partial charge in [-0.3, -0.25) is 0 Å². The lowest BCUT2D eigenvalue weighted by Gasteiger charge is -2.37. The standard InChI is InChI=1S/C32H45N2/c1-10-14-26(11-2)16-18-30-32(25(8)33(9)27(12-3)13-4)29-19-22(5)15-17-28(29)31-20-23(6)24(7)21-34(30)31/h10,12,14-15,17,19-21,26,30,32H,8,11,13,16,18H2,1-7,9H3/q+1/b14-10-,27-12-. The zero-order chi connectivity index (χ0) is 25.0. The molecular formula is C32H45N2+. The highest BCUT2D eigenvalue weighted by Crippen LogP contribution is 2.46. The van der Waals surface area contributed by atoms with E-state index in [1.807, 2.05) is 0 Å². The lowest BCUT2D eigenvalue weighted by molar-refractivity contribution is -0.718. The molecule has 0 bridgehead atoms. The number of hydrogen-bond acceptors (Lipinski definition) is 1. The first-order valence-electron chi connectivity index (χ1n) is 13.1. The highest BCUT2D eigenvalue weighted by Gasteiger charge is 2.43. The summed E-state index contributed by atoms with van der Waals surface area (Å²) >= 11 is 0. The van der Waals surface area contributed by atoms with Crippen molar-refractivity contribution in [2.24, 2.45) is 5.92 Å². The number of aryl methyl sites for hydroxylation is 3. The molecule has 0 aliphatic carbocycles. The first kappa shape index (κ1) is 26.0. The van der Waals surface area contributed by atoms with Gasteiger partial charge in [0.2, 0.25) is 5.69 Å². The average molecular weight is 458 g/mol. The van der Waals surface area contributed by atoms with Crippen molar-refractivity contribution in [2.45, 2.75) is 86.1 Å². The van der Waals surface area contributed by atoms with Crippen molar-refractivity contribution >= 4 is 0 Å². The van der Waals surface area contributed by atoms with Gasteiger partial charge in [0, 0.05) is 36.5 Å². The van der Waals surface area contributed by atoms with Gasteiger partial charge in [-0.1, -0.05) is 56.4 Å². The topological polar surface area (TPSA) is 7.12 Å². The van der Waals surface area contributed by atoms with Gasteiger partial charge < -0.3 is 4.90 Å². The van der Waals surface area contributed by atoms with E-state index in [0.717, 1.165) is 12.8 Å². The summed E-state index contributed by atoms with van der Waals surface area (Å²) in [5, 5.41) is 0. The second kappa shape index (κ2) is 11.2. The number of pyridine rings is 1. The van der Waals surface area contributed by atoms with Crippen LogP contribution in [0.15, 0.2) is 66.7 Å². The largest absolute Gasteiger partial charge is 0.352 e. The first-order chi connectivity index (χ1) is 16.3. The molecule has 0 saturated carbocycles. The van der Waals surface area contributed by atoms with E-state index in [4.69, 9.17) is 6.58 Å². The molecule has 2 nitrogen and oxygen atoms in total. The molecule has 0 radical (unpaired) electrons. The molecule has 2 heterocycles. The fourth-order valence-corrected chi connectivity index (χ4v) is 5.63. The van der Waals surface area contributed by atoms with Gasteiger partial charge in [-0.25, -0.2) is 0 Å². The van der Waals surface area contributed by atoms with Crippen molar-refractivity contribution in [2.75, 3.05) is 7.05 Å². The summed E-state index contributed by atoms with van der Waals surface area (Å²) < 4.78 is 2.58. The fraction of sp³-hybridized carbons (Fsp3) is 0.469. The Kier molecular flexibility index (Phi) is 8.57. The molecule has 1 aromatic heterocycles. The third-order valence-corrected chi connectivity index (χ3v) is 7.88. The zero-order valence-corrected chi connectivity index (χ0v) is 22.8. The summed E-state index contributed by atoms with van der Waals surface area (Å²) in [6, 6.07) is 9.73. The average Bonchev–Trinajstić information content (AvgIpc) is 2.82. The summed E-state index contributed by atoms with van der Waals surface area (Å²) in [5.74, 6) is 0.858. The fourth-order valence-electron chi connectivity index (χ4n) is 5.63. The van der Waals surface area contributed by atoms with E-state index < -0.39 is 0 Å². The minimum atomic E-state index is 0.240. The van der Waals surface area contributed by atoms with Crippen LogP contribution in [-0.2, 0) is 0 Å². The summed E-state index contributed by atoms with van der Waals surface area (Å²) in [7, 11) is 2.20. The second-order valence-electron chi connectivity index (χ2n) is 10.0. The van der Waals surface area contributed by atoms with Crippen LogP contribution in [0.5, 0.6) is 0 Å². The van der Waals surface area contributed by atoms with Crippen LogP contribution in [0.2, 0.25) is 0 Å². The summed E-state index contributed by atoms with van der Waals surface area (Å²) in [4.78, 5) is 2.35. The quantitative estimate of drug-likeness (QED) is 0.271. The number of nitrogens with zero attached hydrogens (tertiary/aromatic N) is 2. The van der Waals surface area contributed by atoms with Crippen LogP contribution in [0.3, 0.4) is 0 Å². The van der Waals surface area contributed by atoms with E-state index in [1.54, 1.807) is 0 Å². The Bertz CT molecular complexity index is 1090. The molecule has 0 N–H and O–H groups in total. The number of hydrogen-bond donors (Lipinski definition) is 0. The maximum Gasteiger partial charge on any atom is 0.213 e. The molecule has 0 amide bonds. The van der Waals surface area contributed by atoms with Crippen molar-refractivity contribution < 1.29 is 4.57 Å². The van der Waals surface area contributed by atoms with Crippen LogP contribution in [0.4, 0.5) is 0 Å². The molecule has 3 unspecified atom stereocenters. The van der Waals surface area contributed by atoms with Gasteiger partial charge in [-0.15, -0.1) is 0 Å². The van der Waals surface area contributed by atoms with E-state index in [2.05, 4.69) is 114 Å². The molecule has 0 spiro atoms. The van der Waals surface area contributed by atoms with Crippen LogP contribution < -0.4 is 4.57 Å². The molecule has 0 fully saturated rings. The van der Waals surface area contributed by atoms with Crippen LogP contribution >= 0.6 is 0 Å². The zero-order valence-electron chi connectivity index (χ0n) is 22.8. The Labute approximate surface area is 208 Å². The molecule has 0 saturated heterocycles. The Hall–Kier alpha value is -2.61. The lowest BCUT2D eigenvalue weighted by atomic mass is 9.77. The molecule has 1 aliphatic heterocycles. The third kappa shape index (κ3) is 5.06. The smallest absolute Gasteiger partial charge is 0.213 e. The van der Waals surface area contributed by atoms with Crippen molar-refractivity contribution in [1.82, 2.24) is 4.90 Å². The van der Waals surface area contributed by atoms with E-state index in [0.29, 0.717) is 12.0 Å². The van der Waals surface area contributed by atoms with Gasteiger partial charge in [0.25, 0.3) is 0 Å². The predicted octanol–water partition coefficient (Wildman–Crippen LogP) is 8.35. The highest BCUT2D eigenvalue weighted by atomic mass is 15.1. The molecule has 1 aliphatic rings. The molecular weight excluding hydrogens is 412 g/mol. The maximum absolute atomic E-state index is 4.73. The first-order valence-corrected chi connectivity index (χ1v) is 13.1. The van der Waals surface area contributed by atoms with Crippen LogP contribution in [-0.4, -0.2) is 11.9 Å². The molecule has 2 aromatic rings. The van der Waals surface area contributed by atoms with Crippen LogP contribution in [0.25, 0.3) is 11.3 Å². The number of likely N-dealkylation sites (N-methyl/N-ethyl adjacent to an activating group) is 1. The monoisotopic (exact) mass is 457 g/mol. The summed E-state index contributed by atoms with van der Waals surface area (Å²) in [6.07, 6.45) is 13.7. The van der Waals surface area contributed by atoms with Crippen LogP contribution in [0, 0.1) is 26.7 Å². The van der Waals surface area contributed by atoms with Gasteiger partial charge >= 0.3 is 0 Å². The number of benzene rings is 1. The predicted molar refractivity (Wildman–Crippen MR) is 147 cm³/mol. The van der Waals surface area contributed by atoms with E-state index >= 15 is 0 Å². The Morgan fingerprint density at radius 2 is 1.85 bits per heavy atom. The highest BCUT2D eigenvalue weighted by molar-refractivity contribution is 5.66. The number of fused-ring (bicyclic) bond motifs is 3. The summed E-state index contributed by atoms with van der Waals surface area (Å²) in [5.41, 5.74) is 10.7. The van der Waals surface area contributed by atoms with Crippen LogP contribution in [0.1, 0.15) is 87.6 Å². The molecule has 182 valence electrons. The minimum absolute atomic E-state index is 0.240. The molecule has 2 heteroatoms. The third-order valence-electron chi connectivity index (χ3n) is 7.88. The molecule has 34 heavy (non-hydrogen) atoms.